The Kier molecular flexibility index (Phi) is 8.08. The first-order valence-corrected chi connectivity index (χ1v) is 17.3. The number of esters is 1. The molecule has 0 bridgehead atoms. The van der Waals surface area contributed by atoms with E-state index in [0.29, 0.717) is 37.2 Å². The standard InChI is InChI=1S/C40H40FNO9/c1-38-16-15-30-39(2,21-47-37(50-30)25-9-5-6-10-26(25)46-4)29(38)19-31(49-35(44)22-11-13-24(41)14-12-22)40(3)34(38)33(43)32-28(51-40)18-27(48-36(32)45)23-8-7-17-42-20-23/h5-14,17-18,20,29-31,33-34,37,43H,15-16,19,21H2,1-4H3/t29-,30+,31+,33+,34-,37-,38+,39+,40-/m1/s1. The topological polar surface area (TPSA) is 127 Å². The number of pyridine rings is 1. The van der Waals surface area contributed by atoms with Crippen LogP contribution in [0, 0.1) is 28.5 Å². The molecule has 0 spiro atoms. The number of nitrogens with zero attached hydrogens (tertiary/aromatic N) is 1. The zero-order valence-electron chi connectivity index (χ0n) is 28.8. The Morgan fingerprint density at radius 3 is 2.57 bits per heavy atom. The molecule has 3 fully saturated rings. The van der Waals surface area contributed by atoms with Crippen LogP contribution in [0.4, 0.5) is 4.39 Å². The summed E-state index contributed by atoms with van der Waals surface area (Å²) in [6, 6.07) is 17.8. The molecule has 9 atom stereocenters. The summed E-state index contributed by atoms with van der Waals surface area (Å²) in [6.45, 7) is 6.41. The van der Waals surface area contributed by atoms with Gasteiger partial charge in [0.15, 0.2) is 6.29 Å². The molecule has 8 rings (SSSR count). The van der Waals surface area contributed by atoms with Crippen LogP contribution in [0.1, 0.15) is 73.9 Å². The number of carbonyl (C=O) groups excluding carboxylic acids is 1. The molecular formula is C40H40FNO9. The number of benzene rings is 2. The van der Waals surface area contributed by atoms with Gasteiger partial charge in [-0.3, -0.25) is 4.98 Å². The second-order valence-electron chi connectivity index (χ2n) is 14.9. The third-order valence-corrected chi connectivity index (χ3v) is 12.1. The van der Waals surface area contributed by atoms with Gasteiger partial charge in [-0.05, 0) is 80.0 Å². The van der Waals surface area contributed by atoms with Crippen LogP contribution in [-0.2, 0) is 14.2 Å². The van der Waals surface area contributed by atoms with E-state index in [0.717, 1.165) is 5.56 Å². The van der Waals surface area contributed by atoms with Gasteiger partial charge in [0, 0.05) is 40.9 Å². The molecule has 4 aliphatic rings. The summed E-state index contributed by atoms with van der Waals surface area (Å²) in [5, 5.41) is 12.4. The highest BCUT2D eigenvalue weighted by atomic mass is 19.1. The van der Waals surface area contributed by atoms with Crippen molar-refractivity contribution < 1.29 is 42.4 Å². The fourth-order valence-corrected chi connectivity index (χ4v) is 9.66. The van der Waals surface area contributed by atoms with Gasteiger partial charge in [0.05, 0.1) is 31.5 Å². The van der Waals surface area contributed by atoms with Gasteiger partial charge >= 0.3 is 11.6 Å². The molecule has 2 saturated carbocycles. The van der Waals surface area contributed by atoms with Gasteiger partial charge in [0.1, 0.15) is 40.3 Å². The van der Waals surface area contributed by atoms with Crippen molar-refractivity contribution in [1.82, 2.24) is 4.98 Å². The Morgan fingerprint density at radius 1 is 1.04 bits per heavy atom. The first-order valence-electron chi connectivity index (χ1n) is 17.3. The molecule has 11 heteroatoms. The summed E-state index contributed by atoms with van der Waals surface area (Å²) >= 11 is 0. The van der Waals surface area contributed by atoms with E-state index in [-0.39, 0.29) is 34.7 Å². The molecule has 4 aromatic rings. The fourth-order valence-electron chi connectivity index (χ4n) is 9.66. The molecule has 2 aromatic heterocycles. The maximum Gasteiger partial charge on any atom is 0.345 e. The fraction of sp³-hybridized carbons (Fsp3) is 0.425. The molecule has 266 valence electrons. The van der Waals surface area contributed by atoms with Crippen molar-refractivity contribution in [3.63, 3.8) is 0 Å². The van der Waals surface area contributed by atoms with Crippen LogP contribution in [-0.4, -0.2) is 47.6 Å². The summed E-state index contributed by atoms with van der Waals surface area (Å²) in [6.07, 6.45) is 1.73. The number of halogens is 1. The number of aromatic nitrogens is 1. The minimum atomic E-state index is -1.32. The van der Waals surface area contributed by atoms with E-state index in [1.165, 1.54) is 24.3 Å². The van der Waals surface area contributed by atoms with Crippen molar-refractivity contribution in [1.29, 1.82) is 0 Å². The highest BCUT2D eigenvalue weighted by Gasteiger charge is 2.71. The monoisotopic (exact) mass is 697 g/mol. The van der Waals surface area contributed by atoms with Crippen LogP contribution in [0.5, 0.6) is 11.5 Å². The van der Waals surface area contributed by atoms with Gasteiger partial charge in [0.25, 0.3) is 0 Å². The van der Waals surface area contributed by atoms with Crippen LogP contribution in [0.2, 0.25) is 0 Å². The predicted octanol–water partition coefficient (Wildman–Crippen LogP) is 6.82. The number of hydrogen-bond acceptors (Lipinski definition) is 10. The Balaban J connectivity index is 1.20. The van der Waals surface area contributed by atoms with Gasteiger partial charge < -0.3 is 33.2 Å². The third-order valence-electron chi connectivity index (χ3n) is 12.1. The number of aliphatic hydroxyl groups is 1. The van der Waals surface area contributed by atoms with Crippen LogP contribution in [0.15, 0.2) is 88.3 Å². The molecule has 10 nitrogen and oxygen atoms in total. The normalized spacial score (nSPS) is 33.8. The second-order valence-corrected chi connectivity index (χ2v) is 14.9. The Hall–Kier alpha value is -4.58. The van der Waals surface area contributed by atoms with Gasteiger partial charge in [-0.15, -0.1) is 0 Å². The van der Waals surface area contributed by atoms with E-state index < -0.39 is 58.3 Å². The van der Waals surface area contributed by atoms with Crippen LogP contribution >= 0.6 is 0 Å². The molecule has 0 unspecified atom stereocenters. The number of fused-ring (bicyclic) bond motifs is 6. The number of carbonyl (C=O) groups is 1. The van der Waals surface area contributed by atoms with Gasteiger partial charge in [0.2, 0.25) is 0 Å². The zero-order chi connectivity index (χ0) is 35.7. The quantitative estimate of drug-likeness (QED) is 0.222. The van der Waals surface area contributed by atoms with Gasteiger partial charge in [-0.25, -0.2) is 14.0 Å². The summed E-state index contributed by atoms with van der Waals surface area (Å²) < 4.78 is 51.5. The lowest BCUT2D eigenvalue weighted by Crippen LogP contribution is -2.71. The molecule has 4 heterocycles. The molecule has 1 N–H and O–H groups in total. The van der Waals surface area contributed by atoms with E-state index >= 15 is 0 Å². The zero-order valence-corrected chi connectivity index (χ0v) is 28.8. The number of aliphatic hydroxyl groups excluding tert-OH is 1. The summed E-state index contributed by atoms with van der Waals surface area (Å²) in [4.78, 5) is 31.6. The van der Waals surface area contributed by atoms with E-state index in [1.54, 1.807) is 37.7 Å². The van der Waals surface area contributed by atoms with Crippen molar-refractivity contribution in [2.24, 2.45) is 22.7 Å². The molecular weight excluding hydrogens is 657 g/mol. The van der Waals surface area contributed by atoms with Crippen LogP contribution in [0.3, 0.4) is 0 Å². The molecule has 1 saturated heterocycles. The highest BCUT2D eigenvalue weighted by molar-refractivity contribution is 5.89. The number of rotatable bonds is 5. The first kappa shape index (κ1) is 33.6. The van der Waals surface area contributed by atoms with Gasteiger partial charge in [-0.2, -0.15) is 0 Å². The molecule has 2 aromatic carbocycles. The van der Waals surface area contributed by atoms with Crippen molar-refractivity contribution in [2.75, 3.05) is 13.7 Å². The van der Waals surface area contributed by atoms with Crippen molar-refractivity contribution in [2.45, 2.75) is 70.2 Å². The maximum atomic E-state index is 13.8. The SMILES string of the molecule is COc1ccccc1[C@@H]1OC[C@@]2(C)[C@@H]3C[C@H](OC(=O)c4ccc(F)cc4)[C@@]4(C)Oc5cc(-c6cccnc6)oc(=O)c5[C@H](O)[C@@H]4[C@@]3(C)CC[C@@H]2O1. The lowest BCUT2D eigenvalue weighted by atomic mass is 9.42. The predicted molar refractivity (Wildman–Crippen MR) is 181 cm³/mol. The minimum Gasteiger partial charge on any atom is -0.496 e. The van der Waals surface area contributed by atoms with Crippen molar-refractivity contribution >= 4 is 5.97 Å². The largest absolute Gasteiger partial charge is 0.496 e. The molecule has 0 amide bonds. The lowest BCUT2D eigenvalue weighted by molar-refractivity contribution is -0.330. The summed E-state index contributed by atoms with van der Waals surface area (Å²) in [7, 11) is 1.61. The van der Waals surface area contributed by atoms with Gasteiger partial charge in [-0.1, -0.05) is 32.0 Å². The maximum absolute atomic E-state index is 13.8. The van der Waals surface area contributed by atoms with Crippen LogP contribution < -0.4 is 15.1 Å². The molecule has 2 aliphatic heterocycles. The second kappa shape index (κ2) is 12.3. The lowest BCUT2D eigenvalue weighted by Gasteiger charge is -2.67. The van der Waals surface area contributed by atoms with E-state index in [2.05, 4.69) is 18.8 Å². The Labute approximate surface area is 294 Å². The van der Waals surface area contributed by atoms with E-state index in [9.17, 15) is 19.1 Å². The average Bonchev–Trinajstić information content (AvgIpc) is 3.12. The molecule has 51 heavy (non-hydrogen) atoms. The number of para-hydroxylation sites is 1. The summed E-state index contributed by atoms with van der Waals surface area (Å²) in [5.41, 5.74) is -1.65. The Morgan fingerprint density at radius 2 is 1.82 bits per heavy atom. The smallest absolute Gasteiger partial charge is 0.345 e. The van der Waals surface area contributed by atoms with Crippen molar-refractivity contribution in [3.8, 4) is 22.8 Å². The van der Waals surface area contributed by atoms with Crippen molar-refractivity contribution in [3.05, 3.63) is 112 Å². The highest BCUT2D eigenvalue weighted by Crippen LogP contribution is 2.68. The molecule has 2 aliphatic carbocycles. The van der Waals surface area contributed by atoms with E-state index in [4.69, 9.17) is 28.1 Å². The number of hydrogen-bond donors (Lipinski definition) is 1. The molecule has 0 radical (unpaired) electrons. The number of ether oxygens (including phenoxy) is 5. The summed E-state index contributed by atoms with van der Waals surface area (Å²) in [5.74, 6) is -0.997. The Bertz CT molecular complexity index is 2020. The first-order chi connectivity index (χ1) is 24.5. The third kappa shape index (κ3) is 5.27. The number of methoxy groups -OCH3 is 1. The van der Waals surface area contributed by atoms with E-state index in [1.807, 2.05) is 31.2 Å². The minimum absolute atomic E-state index is 0.0234. The average molecular weight is 698 g/mol. The van der Waals surface area contributed by atoms with Crippen LogP contribution in [0.25, 0.3) is 11.3 Å².